The van der Waals surface area contributed by atoms with Gasteiger partial charge in [-0.15, -0.1) is 5.92 Å². The third kappa shape index (κ3) is 4.38. The molecule has 0 spiro atoms. The summed E-state index contributed by atoms with van der Waals surface area (Å²) in [5.41, 5.74) is 2.31. The van der Waals surface area contributed by atoms with Crippen LogP contribution in [0.25, 0.3) is 10.8 Å². The molecule has 0 saturated carbocycles. The molecule has 2 atom stereocenters. The van der Waals surface area contributed by atoms with Crippen LogP contribution in [-0.4, -0.2) is 51.2 Å². The molecule has 0 radical (unpaired) electrons. The van der Waals surface area contributed by atoms with Gasteiger partial charge in [0.15, 0.2) is 0 Å². The molecule has 39 heavy (non-hydrogen) atoms. The molecule has 2 aliphatic rings. The first kappa shape index (κ1) is 24.3. The standard InChI is InChI=1S/C30H23FN6O2/c1-2-3-18-4-7-23-24(10-18)27(34-35-29(23)38)12-19-5-8-26(31)25(11-19)30(39)37-17-21-13-22(37)16-36(21)28-9-6-20(14-32)15-33-28/h4-11,15,21-22H,12-13,16-17H2,1H3,(H,35,38)/t21-,22-/m1/s1. The highest BCUT2D eigenvalue weighted by Gasteiger charge is 2.46. The number of fused-ring (bicyclic) bond motifs is 3. The van der Waals surface area contributed by atoms with Crippen molar-refractivity contribution < 1.29 is 9.18 Å². The summed E-state index contributed by atoms with van der Waals surface area (Å²) in [7, 11) is 0. The number of halogens is 1. The van der Waals surface area contributed by atoms with Crippen molar-refractivity contribution >= 4 is 22.5 Å². The molecule has 2 aromatic carbocycles. The van der Waals surface area contributed by atoms with Crippen molar-refractivity contribution in [1.29, 1.82) is 5.26 Å². The van der Waals surface area contributed by atoms with Crippen molar-refractivity contribution in [3.05, 3.63) is 98.8 Å². The van der Waals surface area contributed by atoms with E-state index >= 15 is 0 Å². The van der Waals surface area contributed by atoms with Gasteiger partial charge < -0.3 is 9.80 Å². The molecule has 9 heteroatoms. The Balaban J connectivity index is 1.24. The van der Waals surface area contributed by atoms with Crippen LogP contribution in [0.4, 0.5) is 10.2 Å². The topological polar surface area (TPSA) is 106 Å². The number of likely N-dealkylation sites (tertiary alicyclic amines) is 1. The fourth-order valence-corrected chi connectivity index (χ4v) is 5.59. The van der Waals surface area contributed by atoms with Crippen LogP contribution in [0, 0.1) is 29.0 Å². The second-order valence-corrected chi connectivity index (χ2v) is 9.80. The van der Waals surface area contributed by atoms with Gasteiger partial charge in [0.2, 0.25) is 0 Å². The second-order valence-electron chi connectivity index (χ2n) is 9.80. The smallest absolute Gasteiger partial charge is 0.272 e. The highest BCUT2D eigenvalue weighted by atomic mass is 19.1. The molecule has 2 saturated heterocycles. The molecule has 8 nitrogen and oxygen atoms in total. The molecular formula is C30H23FN6O2. The highest BCUT2D eigenvalue weighted by molar-refractivity contribution is 5.95. The number of pyridine rings is 1. The lowest BCUT2D eigenvalue weighted by molar-refractivity contribution is 0.0720. The molecule has 192 valence electrons. The number of nitriles is 1. The Morgan fingerprint density at radius 1 is 1.10 bits per heavy atom. The summed E-state index contributed by atoms with van der Waals surface area (Å²) in [5, 5.41) is 17.0. The van der Waals surface area contributed by atoms with E-state index in [1.54, 1.807) is 48.4 Å². The van der Waals surface area contributed by atoms with Crippen molar-refractivity contribution in [2.24, 2.45) is 0 Å². The number of H-pyrrole nitrogens is 1. The Morgan fingerprint density at radius 2 is 1.95 bits per heavy atom. The van der Waals surface area contributed by atoms with Crippen LogP contribution in [0.15, 0.2) is 59.5 Å². The number of aromatic nitrogens is 3. The number of carbonyl (C=O) groups excluding carboxylic acids is 1. The first-order valence-electron chi connectivity index (χ1n) is 12.6. The fourth-order valence-electron chi connectivity index (χ4n) is 5.59. The Hall–Kier alpha value is -5.02. The number of anilines is 1. The zero-order valence-corrected chi connectivity index (χ0v) is 21.1. The molecule has 2 bridgehead atoms. The quantitative estimate of drug-likeness (QED) is 0.415. The van der Waals surface area contributed by atoms with Crippen LogP contribution in [0.5, 0.6) is 0 Å². The number of amides is 1. The molecule has 2 aliphatic heterocycles. The van der Waals surface area contributed by atoms with Crippen LogP contribution in [-0.2, 0) is 6.42 Å². The van der Waals surface area contributed by atoms with E-state index in [0.29, 0.717) is 47.1 Å². The van der Waals surface area contributed by atoms with Crippen LogP contribution >= 0.6 is 0 Å². The second kappa shape index (κ2) is 9.70. The van der Waals surface area contributed by atoms with E-state index in [2.05, 4.69) is 38.0 Å². The Labute approximate surface area is 223 Å². The summed E-state index contributed by atoms with van der Waals surface area (Å²) >= 11 is 0. The van der Waals surface area contributed by atoms with E-state index in [4.69, 9.17) is 5.26 Å². The fraction of sp³-hybridized carbons (Fsp3) is 0.233. The maximum absolute atomic E-state index is 14.9. The molecule has 4 heterocycles. The molecule has 0 aliphatic carbocycles. The average molecular weight is 519 g/mol. The van der Waals surface area contributed by atoms with Crippen LogP contribution in [0.2, 0.25) is 0 Å². The van der Waals surface area contributed by atoms with Gasteiger partial charge in [0.05, 0.1) is 34.3 Å². The Morgan fingerprint density at radius 3 is 2.67 bits per heavy atom. The number of hydrogen-bond acceptors (Lipinski definition) is 6. The van der Waals surface area contributed by atoms with Gasteiger partial charge in [0.25, 0.3) is 11.5 Å². The summed E-state index contributed by atoms with van der Waals surface area (Å²) in [5.74, 6) is 5.71. The van der Waals surface area contributed by atoms with E-state index in [9.17, 15) is 14.0 Å². The van der Waals surface area contributed by atoms with Gasteiger partial charge in [0.1, 0.15) is 17.7 Å². The minimum absolute atomic E-state index is 0.0226. The summed E-state index contributed by atoms with van der Waals surface area (Å²) < 4.78 is 14.9. The van der Waals surface area contributed by atoms with E-state index in [-0.39, 0.29) is 29.1 Å². The number of benzene rings is 2. The highest BCUT2D eigenvalue weighted by Crippen LogP contribution is 2.35. The molecule has 2 fully saturated rings. The van der Waals surface area contributed by atoms with Crippen molar-refractivity contribution in [3.8, 4) is 17.9 Å². The predicted octanol–water partition coefficient (Wildman–Crippen LogP) is 3.39. The third-order valence-electron chi connectivity index (χ3n) is 7.44. The first-order chi connectivity index (χ1) is 18.9. The molecule has 0 unspecified atom stereocenters. The number of nitrogens with zero attached hydrogens (tertiary/aromatic N) is 5. The minimum atomic E-state index is -0.572. The maximum atomic E-state index is 14.9. The van der Waals surface area contributed by atoms with E-state index in [1.165, 1.54) is 6.07 Å². The third-order valence-corrected chi connectivity index (χ3v) is 7.44. The maximum Gasteiger partial charge on any atom is 0.272 e. The zero-order valence-electron chi connectivity index (χ0n) is 21.1. The lowest BCUT2D eigenvalue weighted by Crippen LogP contribution is -2.49. The molecule has 2 aromatic heterocycles. The van der Waals surface area contributed by atoms with Gasteiger partial charge in [-0.25, -0.2) is 14.5 Å². The number of hydrogen-bond donors (Lipinski definition) is 1. The lowest BCUT2D eigenvalue weighted by Gasteiger charge is -2.35. The molecule has 4 aromatic rings. The summed E-state index contributed by atoms with van der Waals surface area (Å²) in [4.78, 5) is 34.1. The van der Waals surface area contributed by atoms with Gasteiger partial charge in [0, 0.05) is 36.7 Å². The lowest BCUT2D eigenvalue weighted by atomic mass is 10.0. The predicted molar refractivity (Wildman–Crippen MR) is 144 cm³/mol. The number of nitrogens with one attached hydrogen (secondary N) is 1. The van der Waals surface area contributed by atoms with Gasteiger partial charge >= 0.3 is 0 Å². The zero-order chi connectivity index (χ0) is 27.1. The van der Waals surface area contributed by atoms with E-state index < -0.39 is 5.82 Å². The average Bonchev–Trinajstić information content (AvgIpc) is 3.57. The number of aromatic amines is 1. The van der Waals surface area contributed by atoms with Crippen molar-refractivity contribution in [2.45, 2.75) is 31.8 Å². The monoisotopic (exact) mass is 518 g/mol. The molecular weight excluding hydrogens is 495 g/mol. The van der Waals surface area contributed by atoms with Gasteiger partial charge in [-0.2, -0.15) is 10.4 Å². The molecule has 1 N–H and O–H groups in total. The van der Waals surface area contributed by atoms with Crippen molar-refractivity contribution in [1.82, 2.24) is 20.1 Å². The largest absolute Gasteiger partial charge is 0.350 e. The summed E-state index contributed by atoms with van der Waals surface area (Å²) in [6, 6.07) is 15.5. The van der Waals surface area contributed by atoms with Crippen molar-refractivity contribution in [2.75, 3.05) is 18.0 Å². The Bertz CT molecular complexity index is 1780. The van der Waals surface area contributed by atoms with Crippen molar-refractivity contribution in [3.63, 3.8) is 0 Å². The van der Waals surface area contributed by atoms with Gasteiger partial charge in [-0.05, 0) is 61.4 Å². The number of rotatable bonds is 4. The normalized spacial score (nSPS) is 17.7. The van der Waals surface area contributed by atoms with Crippen LogP contribution < -0.4 is 10.5 Å². The molecule has 1 amide bonds. The van der Waals surface area contributed by atoms with Gasteiger partial charge in [-0.3, -0.25) is 9.59 Å². The summed E-state index contributed by atoms with van der Waals surface area (Å²) in [6.07, 6.45) is 2.63. The van der Waals surface area contributed by atoms with Crippen LogP contribution in [0.3, 0.4) is 0 Å². The van der Waals surface area contributed by atoms with Gasteiger partial charge in [-0.1, -0.05) is 12.0 Å². The SMILES string of the molecule is CC#Cc1ccc2c(=O)[nH]nc(Cc3ccc(F)c(C(=O)N4C[C@H]5C[C@@H]4CN5c4ccc(C#N)cn4)c3)c2c1. The minimum Gasteiger partial charge on any atom is -0.350 e. The number of carbonyl (C=O) groups is 1. The van der Waals surface area contributed by atoms with E-state index in [1.807, 2.05) is 12.1 Å². The molecule has 6 rings (SSSR count). The Kier molecular flexibility index (Phi) is 6.05. The number of piperazine rings is 1. The van der Waals surface area contributed by atoms with Crippen LogP contribution in [0.1, 0.15) is 46.1 Å². The van der Waals surface area contributed by atoms with E-state index in [0.717, 1.165) is 17.8 Å². The first-order valence-corrected chi connectivity index (χ1v) is 12.6. The summed E-state index contributed by atoms with van der Waals surface area (Å²) in [6.45, 7) is 2.82.